The highest BCUT2D eigenvalue weighted by Gasteiger charge is 2.21. The first-order valence-corrected chi connectivity index (χ1v) is 8.02. The third-order valence-corrected chi connectivity index (χ3v) is 4.01. The number of nitrogens with zero attached hydrogens (tertiary/aromatic N) is 1. The van der Waals surface area contributed by atoms with Crippen molar-refractivity contribution in [3.63, 3.8) is 0 Å². The van der Waals surface area contributed by atoms with E-state index in [9.17, 15) is 4.79 Å². The van der Waals surface area contributed by atoms with Crippen molar-refractivity contribution < 1.29 is 9.53 Å². The Labute approximate surface area is 149 Å². The third-order valence-electron chi connectivity index (χ3n) is 4.01. The maximum absolute atomic E-state index is 12.5. The van der Waals surface area contributed by atoms with Gasteiger partial charge in [-0.05, 0) is 36.8 Å². The number of carbonyl (C=O) groups is 1. The SMILES string of the molecule is CC1CN(C(=O)c2ccc(COc3ccccc3)cc2)CCN1.Cl. The van der Waals surface area contributed by atoms with Crippen LogP contribution < -0.4 is 10.1 Å². The molecule has 1 N–H and O–H groups in total. The van der Waals surface area contributed by atoms with Crippen molar-refractivity contribution in [3.05, 3.63) is 65.7 Å². The number of carbonyl (C=O) groups excluding carboxylic acids is 1. The van der Waals surface area contributed by atoms with Crippen LogP contribution in [0.2, 0.25) is 0 Å². The zero-order chi connectivity index (χ0) is 16.1. The zero-order valence-corrected chi connectivity index (χ0v) is 14.6. The number of amides is 1. The van der Waals surface area contributed by atoms with E-state index in [1.54, 1.807) is 0 Å². The van der Waals surface area contributed by atoms with E-state index in [1.165, 1.54) is 0 Å². The number of nitrogens with one attached hydrogen (secondary N) is 1. The fraction of sp³-hybridized carbons (Fsp3) is 0.316. The van der Waals surface area contributed by atoms with Gasteiger partial charge in [-0.3, -0.25) is 4.79 Å². The highest BCUT2D eigenvalue weighted by molar-refractivity contribution is 5.94. The van der Waals surface area contributed by atoms with Crippen molar-refractivity contribution in [2.75, 3.05) is 19.6 Å². The van der Waals surface area contributed by atoms with Crippen LogP contribution in [0.15, 0.2) is 54.6 Å². The van der Waals surface area contributed by atoms with E-state index in [4.69, 9.17) is 4.74 Å². The molecular formula is C19H23ClN2O2. The Hall–Kier alpha value is -2.04. The maximum Gasteiger partial charge on any atom is 0.253 e. The van der Waals surface area contributed by atoms with Gasteiger partial charge in [0.1, 0.15) is 12.4 Å². The number of rotatable bonds is 4. The summed E-state index contributed by atoms with van der Waals surface area (Å²) in [5.74, 6) is 0.955. The van der Waals surface area contributed by atoms with Gasteiger partial charge in [0.15, 0.2) is 0 Å². The van der Waals surface area contributed by atoms with Gasteiger partial charge in [0.05, 0.1) is 0 Å². The molecule has 1 fully saturated rings. The van der Waals surface area contributed by atoms with Crippen molar-refractivity contribution in [3.8, 4) is 5.75 Å². The van der Waals surface area contributed by atoms with Crippen LogP contribution >= 0.6 is 12.4 Å². The summed E-state index contributed by atoms with van der Waals surface area (Å²) in [5, 5.41) is 3.35. The molecule has 0 saturated carbocycles. The van der Waals surface area contributed by atoms with Gasteiger partial charge >= 0.3 is 0 Å². The highest BCUT2D eigenvalue weighted by Crippen LogP contribution is 2.13. The molecular weight excluding hydrogens is 324 g/mol. The van der Waals surface area contributed by atoms with Crippen molar-refractivity contribution in [2.24, 2.45) is 0 Å². The Balaban J connectivity index is 0.00000208. The molecule has 2 aromatic carbocycles. The van der Waals surface area contributed by atoms with E-state index in [2.05, 4.69) is 12.2 Å². The summed E-state index contributed by atoms with van der Waals surface area (Å²) in [5.41, 5.74) is 1.79. The second kappa shape index (κ2) is 8.71. The number of benzene rings is 2. The lowest BCUT2D eigenvalue weighted by molar-refractivity contribution is 0.0709. The molecule has 1 amide bonds. The standard InChI is InChI=1S/C19H22N2O2.ClH/c1-15-13-21(12-11-20-15)19(22)17-9-7-16(8-10-17)14-23-18-5-3-2-4-6-18;/h2-10,15,20H,11-14H2,1H3;1H. The normalized spacial score (nSPS) is 17.0. The van der Waals surface area contributed by atoms with E-state index in [1.807, 2.05) is 59.5 Å². The predicted octanol–water partition coefficient (Wildman–Crippen LogP) is 3.12. The first-order valence-electron chi connectivity index (χ1n) is 8.02. The van der Waals surface area contributed by atoms with E-state index in [0.29, 0.717) is 12.6 Å². The fourth-order valence-corrected chi connectivity index (χ4v) is 2.73. The Morgan fingerprint density at radius 2 is 1.88 bits per heavy atom. The summed E-state index contributed by atoms with van der Waals surface area (Å²) in [7, 11) is 0. The molecule has 1 aliphatic heterocycles. The maximum atomic E-state index is 12.5. The van der Waals surface area contributed by atoms with Crippen LogP contribution in [0.5, 0.6) is 5.75 Å². The molecule has 4 nitrogen and oxygen atoms in total. The van der Waals surface area contributed by atoms with Crippen LogP contribution in [-0.4, -0.2) is 36.5 Å². The van der Waals surface area contributed by atoms with Crippen molar-refractivity contribution in [2.45, 2.75) is 19.6 Å². The molecule has 1 aliphatic rings. The Morgan fingerprint density at radius 3 is 2.54 bits per heavy atom. The van der Waals surface area contributed by atoms with Gasteiger partial charge < -0.3 is 15.0 Å². The second-order valence-corrected chi connectivity index (χ2v) is 5.90. The van der Waals surface area contributed by atoms with Crippen molar-refractivity contribution >= 4 is 18.3 Å². The van der Waals surface area contributed by atoms with Gasteiger partial charge in [0, 0.05) is 31.2 Å². The quantitative estimate of drug-likeness (QED) is 0.924. The van der Waals surface area contributed by atoms with E-state index in [-0.39, 0.29) is 18.3 Å². The molecule has 2 aromatic rings. The molecule has 1 unspecified atom stereocenters. The number of halogens is 1. The van der Waals surface area contributed by atoms with Gasteiger partial charge in [-0.25, -0.2) is 0 Å². The molecule has 0 aliphatic carbocycles. The average Bonchev–Trinajstić information content (AvgIpc) is 2.61. The highest BCUT2D eigenvalue weighted by atomic mass is 35.5. The Morgan fingerprint density at radius 1 is 1.17 bits per heavy atom. The first kappa shape index (κ1) is 18.3. The summed E-state index contributed by atoms with van der Waals surface area (Å²) < 4.78 is 5.72. The monoisotopic (exact) mass is 346 g/mol. The van der Waals surface area contributed by atoms with Crippen LogP contribution in [0.1, 0.15) is 22.8 Å². The minimum atomic E-state index is 0. The summed E-state index contributed by atoms with van der Waals surface area (Å²) in [6.07, 6.45) is 0. The van der Waals surface area contributed by atoms with Crippen molar-refractivity contribution in [1.82, 2.24) is 10.2 Å². The van der Waals surface area contributed by atoms with Gasteiger partial charge in [-0.15, -0.1) is 12.4 Å². The molecule has 1 atom stereocenters. The molecule has 0 aromatic heterocycles. The lowest BCUT2D eigenvalue weighted by Gasteiger charge is -2.32. The van der Waals surface area contributed by atoms with Gasteiger partial charge in [0.25, 0.3) is 5.91 Å². The number of para-hydroxylation sites is 1. The lowest BCUT2D eigenvalue weighted by atomic mass is 10.1. The molecule has 0 radical (unpaired) electrons. The number of hydrogen-bond acceptors (Lipinski definition) is 3. The smallest absolute Gasteiger partial charge is 0.253 e. The Kier molecular flexibility index (Phi) is 6.64. The zero-order valence-electron chi connectivity index (χ0n) is 13.8. The summed E-state index contributed by atoms with van der Waals surface area (Å²) in [6.45, 7) is 4.99. The number of hydrogen-bond donors (Lipinski definition) is 1. The van der Waals surface area contributed by atoms with Crippen molar-refractivity contribution in [1.29, 1.82) is 0 Å². The second-order valence-electron chi connectivity index (χ2n) is 5.90. The summed E-state index contributed by atoms with van der Waals surface area (Å²) in [4.78, 5) is 14.4. The van der Waals surface area contributed by atoms with Crippen LogP contribution in [0.25, 0.3) is 0 Å². The number of ether oxygens (including phenoxy) is 1. The largest absolute Gasteiger partial charge is 0.489 e. The molecule has 5 heteroatoms. The molecule has 3 rings (SSSR count). The van der Waals surface area contributed by atoms with Crippen LogP contribution in [0.3, 0.4) is 0 Å². The average molecular weight is 347 g/mol. The number of piperazine rings is 1. The summed E-state index contributed by atoms with van der Waals surface area (Å²) >= 11 is 0. The molecule has 128 valence electrons. The molecule has 0 bridgehead atoms. The van der Waals surface area contributed by atoms with Gasteiger partial charge in [0.2, 0.25) is 0 Å². The van der Waals surface area contributed by atoms with Crippen LogP contribution in [-0.2, 0) is 6.61 Å². The predicted molar refractivity (Wildman–Crippen MR) is 97.8 cm³/mol. The first-order chi connectivity index (χ1) is 11.2. The van der Waals surface area contributed by atoms with Crippen LogP contribution in [0, 0.1) is 0 Å². The van der Waals surface area contributed by atoms with E-state index in [0.717, 1.165) is 36.5 Å². The lowest BCUT2D eigenvalue weighted by Crippen LogP contribution is -2.51. The van der Waals surface area contributed by atoms with E-state index >= 15 is 0 Å². The van der Waals surface area contributed by atoms with Gasteiger partial charge in [-0.1, -0.05) is 30.3 Å². The minimum Gasteiger partial charge on any atom is -0.489 e. The topological polar surface area (TPSA) is 41.6 Å². The van der Waals surface area contributed by atoms with E-state index < -0.39 is 0 Å². The molecule has 24 heavy (non-hydrogen) atoms. The molecule has 0 spiro atoms. The molecule has 1 heterocycles. The van der Waals surface area contributed by atoms with Crippen LogP contribution in [0.4, 0.5) is 0 Å². The fourth-order valence-electron chi connectivity index (χ4n) is 2.73. The van der Waals surface area contributed by atoms with Gasteiger partial charge in [-0.2, -0.15) is 0 Å². The third kappa shape index (κ3) is 4.73. The Bertz CT molecular complexity index is 646. The minimum absolute atomic E-state index is 0. The molecule has 1 saturated heterocycles. The summed E-state index contributed by atoms with van der Waals surface area (Å²) in [6, 6.07) is 17.8.